The van der Waals surface area contributed by atoms with E-state index in [9.17, 15) is 18.0 Å². The molecule has 1 fully saturated rings. The molecule has 9 heteroatoms. The van der Waals surface area contributed by atoms with Crippen molar-refractivity contribution in [1.82, 2.24) is 15.2 Å². The summed E-state index contributed by atoms with van der Waals surface area (Å²) in [5, 5.41) is 0. The Morgan fingerprint density at radius 2 is 1.63 bits per heavy atom. The third kappa shape index (κ3) is 5.70. The van der Waals surface area contributed by atoms with Gasteiger partial charge in [-0.25, -0.2) is 8.42 Å². The van der Waals surface area contributed by atoms with Crippen LogP contribution in [-0.4, -0.2) is 43.7 Å². The van der Waals surface area contributed by atoms with E-state index in [1.807, 2.05) is 55.5 Å². The van der Waals surface area contributed by atoms with Crippen LogP contribution in [0.25, 0.3) is 11.1 Å². The number of hydrogen-bond acceptors (Lipinski definition) is 5. The zero-order valence-electron chi connectivity index (χ0n) is 19.3. The van der Waals surface area contributed by atoms with Gasteiger partial charge in [-0.1, -0.05) is 66.2 Å². The van der Waals surface area contributed by atoms with Gasteiger partial charge in [0, 0.05) is 12.1 Å². The van der Waals surface area contributed by atoms with Crippen molar-refractivity contribution < 1.29 is 22.7 Å². The van der Waals surface area contributed by atoms with Crippen molar-refractivity contribution in [3.05, 3.63) is 84.4 Å². The Labute approximate surface area is 204 Å². The van der Waals surface area contributed by atoms with Gasteiger partial charge >= 0.3 is 0 Å². The number of rotatable bonds is 7. The standard InChI is InChI=1S/C26H27N3O5S/c1-19-13-15-21(16-14-19)35(32,33)29-17-7-11-23(29)26(31)28-27-25(30)18-34-24-12-6-5-10-22(24)20-8-3-2-4-9-20/h2-6,8-10,12-16,23H,7,11,17-18H2,1H3,(H,27,30)(H,28,31). The van der Waals surface area contributed by atoms with Gasteiger partial charge in [0.1, 0.15) is 11.8 Å². The first-order valence-corrected chi connectivity index (χ1v) is 12.7. The minimum Gasteiger partial charge on any atom is -0.483 e. The monoisotopic (exact) mass is 493 g/mol. The van der Waals surface area contributed by atoms with Crippen molar-refractivity contribution in [1.29, 1.82) is 0 Å². The van der Waals surface area contributed by atoms with E-state index >= 15 is 0 Å². The number of aryl methyl sites for hydroxylation is 1. The summed E-state index contributed by atoms with van der Waals surface area (Å²) < 4.78 is 33.0. The van der Waals surface area contributed by atoms with Gasteiger partial charge in [-0.05, 0) is 43.5 Å². The topological polar surface area (TPSA) is 105 Å². The predicted molar refractivity (Wildman–Crippen MR) is 132 cm³/mol. The maximum atomic E-state index is 13.0. The van der Waals surface area contributed by atoms with E-state index in [4.69, 9.17) is 4.74 Å². The number of carbonyl (C=O) groups excluding carboxylic acids is 2. The second-order valence-electron chi connectivity index (χ2n) is 8.28. The molecule has 182 valence electrons. The molecule has 35 heavy (non-hydrogen) atoms. The van der Waals surface area contributed by atoms with E-state index in [1.54, 1.807) is 18.2 Å². The number of nitrogens with one attached hydrogen (secondary N) is 2. The Morgan fingerprint density at radius 1 is 0.943 bits per heavy atom. The number of hydrogen-bond donors (Lipinski definition) is 2. The lowest BCUT2D eigenvalue weighted by Crippen LogP contribution is -2.52. The Kier molecular flexibility index (Phi) is 7.48. The smallest absolute Gasteiger partial charge is 0.276 e. The van der Waals surface area contributed by atoms with Gasteiger partial charge in [-0.15, -0.1) is 0 Å². The number of benzene rings is 3. The van der Waals surface area contributed by atoms with Crippen molar-refractivity contribution in [2.75, 3.05) is 13.2 Å². The SMILES string of the molecule is Cc1ccc(S(=O)(=O)N2CCCC2C(=O)NNC(=O)COc2ccccc2-c2ccccc2)cc1. The van der Waals surface area contributed by atoms with Crippen LogP contribution in [0.15, 0.2) is 83.8 Å². The van der Waals surface area contributed by atoms with Gasteiger partial charge in [0.15, 0.2) is 6.61 Å². The second kappa shape index (κ2) is 10.7. The summed E-state index contributed by atoms with van der Waals surface area (Å²) >= 11 is 0. The lowest BCUT2D eigenvalue weighted by Gasteiger charge is -2.23. The molecule has 1 unspecified atom stereocenters. The highest BCUT2D eigenvalue weighted by Gasteiger charge is 2.39. The van der Waals surface area contributed by atoms with Crippen LogP contribution in [0.1, 0.15) is 18.4 Å². The first-order valence-electron chi connectivity index (χ1n) is 11.3. The molecule has 1 aliphatic heterocycles. The first-order chi connectivity index (χ1) is 16.9. The van der Waals surface area contributed by atoms with Crippen LogP contribution in [0, 0.1) is 6.92 Å². The number of ether oxygens (including phenoxy) is 1. The molecule has 0 aromatic heterocycles. The number of para-hydroxylation sites is 1. The summed E-state index contributed by atoms with van der Waals surface area (Å²) in [6, 6.07) is 22.6. The Morgan fingerprint density at radius 3 is 2.37 bits per heavy atom. The van der Waals surface area contributed by atoms with E-state index in [0.717, 1.165) is 16.7 Å². The summed E-state index contributed by atoms with van der Waals surface area (Å²) in [7, 11) is -3.83. The average molecular weight is 494 g/mol. The molecular weight excluding hydrogens is 466 g/mol. The molecule has 2 amide bonds. The molecule has 4 rings (SSSR count). The van der Waals surface area contributed by atoms with Crippen molar-refractivity contribution in [2.45, 2.75) is 30.7 Å². The van der Waals surface area contributed by atoms with Crippen LogP contribution in [0.4, 0.5) is 0 Å². The quantitative estimate of drug-likeness (QED) is 0.493. The molecule has 1 heterocycles. The van der Waals surface area contributed by atoms with Crippen LogP contribution >= 0.6 is 0 Å². The van der Waals surface area contributed by atoms with Crippen LogP contribution in [0.3, 0.4) is 0 Å². The van der Waals surface area contributed by atoms with Gasteiger partial charge in [-0.3, -0.25) is 20.4 Å². The number of sulfonamides is 1. The summed E-state index contributed by atoms with van der Waals surface area (Å²) in [5.41, 5.74) is 7.40. The molecule has 8 nitrogen and oxygen atoms in total. The summed E-state index contributed by atoms with van der Waals surface area (Å²) in [6.45, 7) is 1.79. The second-order valence-corrected chi connectivity index (χ2v) is 10.2. The molecule has 0 radical (unpaired) electrons. The van der Waals surface area contributed by atoms with Crippen LogP contribution in [0.5, 0.6) is 5.75 Å². The molecule has 0 bridgehead atoms. The highest BCUT2D eigenvalue weighted by Crippen LogP contribution is 2.29. The van der Waals surface area contributed by atoms with E-state index in [1.165, 1.54) is 16.4 Å². The molecule has 3 aromatic rings. The lowest BCUT2D eigenvalue weighted by atomic mass is 10.1. The van der Waals surface area contributed by atoms with Crippen molar-refractivity contribution in [3.8, 4) is 16.9 Å². The van der Waals surface area contributed by atoms with Gasteiger partial charge in [-0.2, -0.15) is 4.31 Å². The minimum absolute atomic E-state index is 0.136. The lowest BCUT2D eigenvalue weighted by molar-refractivity contribution is -0.131. The molecule has 0 aliphatic carbocycles. The molecule has 0 saturated carbocycles. The maximum Gasteiger partial charge on any atom is 0.276 e. The highest BCUT2D eigenvalue weighted by molar-refractivity contribution is 7.89. The Hall–Kier alpha value is -3.69. The van der Waals surface area contributed by atoms with Crippen molar-refractivity contribution in [2.24, 2.45) is 0 Å². The summed E-state index contributed by atoms with van der Waals surface area (Å²) in [6.07, 6.45) is 0.921. The van der Waals surface area contributed by atoms with E-state index in [2.05, 4.69) is 10.9 Å². The fourth-order valence-electron chi connectivity index (χ4n) is 3.98. The number of hydrazine groups is 1. The maximum absolute atomic E-state index is 13.0. The zero-order chi connectivity index (χ0) is 24.8. The van der Waals surface area contributed by atoms with Crippen LogP contribution < -0.4 is 15.6 Å². The summed E-state index contributed by atoms with van der Waals surface area (Å²) in [5.74, 6) is -0.616. The normalized spacial score (nSPS) is 16.0. The fourth-order valence-corrected chi connectivity index (χ4v) is 5.63. The Bertz CT molecular complexity index is 1290. The van der Waals surface area contributed by atoms with Crippen molar-refractivity contribution in [3.63, 3.8) is 0 Å². The summed E-state index contributed by atoms with van der Waals surface area (Å²) in [4.78, 5) is 25.2. The molecule has 1 aliphatic rings. The Balaban J connectivity index is 1.34. The number of nitrogens with zero attached hydrogens (tertiary/aromatic N) is 1. The highest BCUT2D eigenvalue weighted by atomic mass is 32.2. The molecule has 1 atom stereocenters. The third-order valence-electron chi connectivity index (χ3n) is 5.79. The van der Waals surface area contributed by atoms with Crippen LogP contribution in [0.2, 0.25) is 0 Å². The first kappa shape index (κ1) is 24.4. The third-order valence-corrected chi connectivity index (χ3v) is 7.71. The van der Waals surface area contributed by atoms with Gasteiger partial charge in [0.25, 0.3) is 11.8 Å². The van der Waals surface area contributed by atoms with Crippen molar-refractivity contribution >= 4 is 21.8 Å². The molecule has 1 saturated heterocycles. The van der Waals surface area contributed by atoms with Gasteiger partial charge in [0.2, 0.25) is 10.0 Å². The molecule has 3 aromatic carbocycles. The van der Waals surface area contributed by atoms with Gasteiger partial charge < -0.3 is 4.74 Å². The van der Waals surface area contributed by atoms with E-state index < -0.39 is 27.9 Å². The zero-order valence-corrected chi connectivity index (χ0v) is 20.1. The van der Waals surface area contributed by atoms with E-state index in [-0.39, 0.29) is 18.0 Å². The fraction of sp³-hybridized carbons (Fsp3) is 0.231. The minimum atomic E-state index is -3.83. The van der Waals surface area contributed by atoms with Crippen LogP contribution in [-0.2, 0) is 19.6 Å². The van der Waals surface area contributed by atoms with Gasteiger partial charge in [0.05, 0.1) is 4.90 Å². The number of amides is 2. The number of carbonyl (C=O) groups is 2. The molecule has 0 spiro atoms. The van der Waals surface area contributed by atoms with E-state index in [0.29, 0.717) is 18.6 Å². The largest absolute Gasteiger partial charge is 0.483 e. The molecule has 2 N–H and O–H groups in total. The average Bonchev–Trinajstić information content (AvgIpc) is 3.38. The predicted octanol–water partition coefficient (Wildman–Crippen LogP) is 3.04. The molecular formula is C26H27N3O5S.